The number of aromatic nitrogens is 4. The van der Waals surface area contributed by atoms with Crippen molar-refractivity contribution in [2.24, 2.45) is 5.73 Å². The minimum absolute atomic E-state index is 0.152. The molecule has 0 bridgehead atoms. The molecule has 6 nitrogen and oxygen atoms in total. The highest BCUT2D eigenvalue weighted by atomic mass is 79.9. The summed E-state index contributed by atoms with van der Waals surface area (Å²) in [6, 6.07) is 7.91. The van der Waals surface area contributed by atoms with Crippen molar-refractivity contribution >= 4 is 21.8 Å². The molecule has 116 valence electrons. The molecule has 0 spiro atoms. The van der Waals surface area contributed by atoms with E-state index in [9.17, 15) is 4.79 Å². The molecule has 23 heavy (non-hydrogen) atoms. The van der Waals surface area contributed by atoms with Gasteiger partial charge in [-0.15, -0.1) is 0 Å². The first-order valence-corrected chi connectivity index (χ1v) is 8.10. The molecule has 0 atom stereocenters. The van der Waals surface area contributed by atoms with Crippen LogP contribution in [0.1, 0.15) is 17.0 Å². The summed E-state index contributed by atoms with van der Waals surface area (Å²) in [6.07, 6.45) is 3.65. The zero-order chi connectivity index (χ0) is 16.0. The number of primary amides is 1. The molecule has 4 rings (SSSR count). The molecule has 0 fully saturated rings. The van der Waals surface area contributed by atoms with Crippen LogP contribution in [0.25, 0.3) is 16.9 Å². The van der Waals surface area contributed by atoms with Crippen molar-refractivity contribution in [3.63, 3.8) is 0 Å². The van der Waals surface area contributed by atoms with E-state index < -0.39 is 0 Å². The standard InChI is InChI=1S/C16H14BrN5O/c17-9-1-3-10(4-2-9)22-16-11(14(21-22)7-15(18)23)5-6-13-12(16)8-19-20-13/h1-4,8H,5-7H2,(H2,18,23)(H,19,20). The van der Waals surface area contributed by atoms with Gasteiger partial charge < -0.3 is 5.73 Å². The normalized spacial score (nSPS) is 12.7. The minimum Gasteiger partial charge on any atom is -0.369 e. The van der Waals surface area contributed by atoms with Crippen molar-refractivity contribution in [2.75, 3.05) is 0 Å². The van der Waals surface area contributed by atoms with Crippen LogP contribution in [-0.4, -0.2) is 25.9 Å². The van der Waals surface area contributed by atoms with E-state index >= 15 is 0 Å². The van der Waals surface area contributed by atoms with Crippen LogP contribution in [-0.2, 0) is 24.1 Å². The second kappa shape index (κ2) is 5.34. The highest BCUT2D eigenvalue weighted by molar-refractivity contribution is 9.10. The molecule has 1 aromatic carbocycles. The van der Waals surface area contributed by atoms with Gasteiger partial charge in [0, 0.05) is 21.3 Å². The van der Waals surface area contributed by atoms with Gasteiger partial charge in [0.2, 0.25) is 5.91 Å². The Labute approximate surface area is 140 Å². The number of nitrogens with two attached hydrogens (primary N) is 1. The van der Waals surface area contributed by atoms with Gasteiger partial charge in [0.25, 0.3) is 0 Å². The number of H-pyrrole nitrogens is 1. The Bertz CT molecular complexity index is 894. The molecule has 0 saturated heterocycles. The van der Waals surface area contributed by atoms with Crippen LogP contribution in [0.15, 0.2) is 34.9 Å². The molecular weight excluding hydrogens is 358 g/mol. The third-order valence-corrected chi connectivity index (χ3v) is 4.61. The number of amides is 1. The lowest BCUT2D eigenvalue weighted by atomic mass is 9.93. The topological polar surface area (TPSA) is 89.6 Å². The average molecular weight is 372 g/mol. The molecule has 7 heteroatoms. The molecule has 2 aromatic heterocycles. The summed E-state index contributed by atoms with van der Waals surface area (Å²) in [5.74, 6) is -0.369. The number of fused-ring (bicyclic) bond motifs is 3. The first-order chi connectivity index (χ1) is 11.1. The molecule has 3 aromatic rings. The lowest BCUT2D eigenvalue weighted by Gasteiger charge is -2.14. The van der Waals surface area contributed by atoms with Crippen molar-refractivity contribution in [3.05, 3.63) is 51.9 Å². The lowest BCUT2D eigenvalue weighted by Crippen LogP contribution is -2.15. The van der Waals surface area contributed by atoms with Crippen LogP contribution in [0.3, 0.4) is 0 Å². The van der Waals surface area contributed by atoms with E-state index in [0.29, 0.717) is 0 Å². The van der Waals surface area contributed by atoms with E-state index in [4.69, 9.17) is 5.73 Å². The first kappa shape index (κ1) is 14.2. The number of rotatable bonds is 3. The maximum Gasteiger partial charge on any atom is 0.223 e. The number of aryl methyl sites for hydroxylation is 1. The summed E-state index contributed by atoms with van der Waals surface area (Å²) in [7, 11) is 0. The number of carbonyl (C=O) groups excluding carboxylic acids is 1. The number of halogens is 1. The van der Waals surface area contributed by atoms with E-state index in [1.165, 1.54) is 0 Å². The van der Waals surface area contributed by atoms with Gasteiger partial charge in [-0.2, -0.15) is 10.2 Å². The molecule has 0 saturated carbocycles. The third-order valence-electron chi connectivity index (χ3n) is 4.08. The van der Waals surface area contributed by atoms with Crippen LogP contribution in [0, 0.1) is 0 Å². The predicted molar refractivity (Wildman–Crippen MR) is 89.2 cm³/mol. The predicted octanol–water partition coefficient (Wildman–Crippen LogP) is 2.15. The Balaban J connectivity index is 1.94. The monoisotopic (exact) mass is 371 g/mol. The maximum atomic E-state index is 11.4. The number of aromatic amines is 1. The smallest absolute Gasteiger partial charge is 0.223 e. The third kappa shape index (κ3) is 2.37. The summed E-state index contributed by atoms with van der Waals surface area (Å²) in [5.41, 5.74) is 11.3. The van der Waals surface area contributed by atoms with E-state index in [1.807, 2.05) is 35.1 Å². The van der Waals surface area contributed by atoms with Gasteiger partial charge in [-0.1, -0.05) is 15.9 Å². The second-order valence-electron chi connectivity index (χ2n) is 5.57. The van der Waals surface area contributed by atoms with Crippen LogP contribution >= 0.6 is 15.9 Å². The fourth-order valence-electron chi connectivity index (χ4n) is 3.07. The Morgan fingerprint density at radius 1 is 1.30 bits per heavy atom. The van der Waals surface area contributed by atoms with E-state index in [0.717, 1.165) is 51.2 Å². The fourth-order valence-corrected chi connectivity index (χ4v) is 3.33. The number of nitrogens with zero attached hydrogens (tertiary/aromatic N) is 3. The largest absolute Gasteiger partial charge is 0.369 e. The van der Waals surface area contributed by atoms with E-state index in [2.05, 4.69) is 31.2 Å². The number of hydrogen-bond acceptors (Lipinski definition) is 3. The minimum atomic E-state index is -0.369. The Hall–Kier alpha value is -2.41. The van der Waals surface area contributed by atoms with Gasteiger partial charge in [0.1, 0.15) is 0 Å². The van der Waals surface area contributed by atoms with Crippen molar-refractivity contribution in [1.82, 2.24) is 20.0 Å². The zero-order valence-corrected chi connectivity index (χ0v) is 13.8. The van der Waals surface area contributed by atoms with Gasteiger partial charge in [-0.05, 0) is 37.1 Å². The van der Waals surface area contributed by atoms with E-state index in [1.54, 1.807) is 0 Å². The quantitative estimate of drug-likeness (QED) is 0.738. The van der Waals surface area contributed by atoms with Gasteiger partial charge in [-0.3, -0.25) is 9.89 Å². The van der Waals surface area contributed by atoms with Crippen molar-refractivity contribution in [2.45, 2.75) is 19.3 Å². The second-order valence-corrected chi connectivity index (χ2v) is 6.48. The number of hydrogen-bond donors (Lipinski definition) is 2. The number of nitrogens with one attached hydrogen (secondary N) is 1. The summed E-state index contributed by atoms with van der Waals surface area (Å²) in [4.78, 5) is 11.4. The van der Waals surface area contributed by atoms with Crippen LogP contribution in [0.5, 0.6) is 0 Å². The first-order valence-electron chi connectivity index (χ1n) is 7.31. The molecule has 0 radical (unpaired) electrons. The van der Waals surface area contributed by atoms with Crippen molar-refractivity contribution in [3.8, 4) is 16.9 Å². The highest BCUT2D eigenvalue weighted by Gasteiger charge is 2.27. The SMILES string of the molecule is NC(=O)Cc1nn(-c2ccc(Br)cc2)c2c1CCc1[nH]ncc1-2. The van der Waals surface area contributed by atoms with Gasteiger partial charge >= 0.3 is 0 Å². The molecule has 1 amide bonds. The van der Waals surface area contributed by atoms with Gasteiger partial charge in [0.05, 0.1) is 29.7 Å². The molecule has 0 unspecified atom stereocenters. The van der Waals surface area contributed by atoms with Crippen LogP contribution < -0.4 is 5.73 Å². The Kier molecular flexibility index (Phi) is 3.30. The zero-order valence-electron chi connectivity index (χ0n) is 12.2. The van der Waals surface area contributed by atoms with Crippen molar-refractivity contribution in [1.29, 1.82) is 0 Å². The fraction of sp³-hybridized carbons (Fsp3) is 0.188. The average Bonchev–Trinajstić information content (AvgIpc) is 3.12. The highest BCUT2D eigenvalue weighted by Crippen LogP contribution is 2.36. The number of benzene rings is 1. The summed E-state index contributed by atoms with van der Waals surface area (Å²) >= 11 is 3.44. The molecule has 1 aliphatic rings. The Morgan fingerprint density at radius 2 is 2.09 bits per heavy atom. The molecule has 0 aliphatic heterocycles. The Morgan fingerprint density at radius 3 is 2.83 bits per heavy atom. The lowest BCUT2D eigenvalue weighted by molar-refractivity contribution is -0.117. The molecule has 3 N–H and O–H groups in total. The summed E-state index contributed by atoms with van der Waals surface area (Å²) in [5, 5.41) is 11.9. The van der Waals surface area contributed by atoms with Crippen LogP contribution in [0.4, 0.5) is 0 Å². The van der Waals surface area contributed by atoms with Crippen molar-refractivity contribution < 1.29 is 4.79 Å². The number of carbonyl (C=O) groups is 1. The molecule has 2 heterocycles. The maximum absolute atomic E-state index is 11.4. The van der Waals surface area contributed by atoms with Crippen LogP contribution in [0.2, 0.25) is 0 Å². The van der Waals surface area contributed by atoms with Gasteiger partial charge in [-0.25, -0.2) is 4.68 Å². The summed E-state index contributed by atoms with van der Waals surface area (Å²) < 4.78 is 2.89. The van der Waals surface area contributed by atoms with Gasteiger partial charge in [0.15, 0.2) is 0 Å². The molecular formula is C16H14BrN5O. The van der Waals surface area contributed by atoms with E-state index in [-0.39, 0.29) is 12.3 Å². The molecule has 1 aliphatic carbocycles. The summed E-state index contributed by atoms with van der Waals surface area (Å²) in [6.45, 7) is 0.